The quantitative estimate of drug-likeness (QED) is 0.583. The summed E-state index contributed by atoms with van der Waals surface area (Å²) in [7, 11) is -4.68. The van der Waals surface area contributed by atoms with Crippen LogP contribution < -0.4 is 11.2 Å². The lowest BCUT2D eigenvalue weighted by atomic mass is 10.2. The van der Waals surface area contributed by atoms with Crippen molar-refractivity contribution in [3.05, 3.63) is 32.6 Å². The number of ether oxygens (including phenoxy) is 1. The molecular weight excluding hydrogens is 468 g/mol. The Hall–Kier alpha value is -1.05. The summed E-state index contributed by atoms with van der Waals surface area (Å²) in [6, 6.07) is 0. The second-order valence-corrected chi connectivity index (χ2v) is 22.9. The first-order valence-corrected chi connectivity index (χ1v) is 17.0. The Labute approximate surface area is 205 Å². The monoisotopic (exact) mass is 512 g/mol. The topological polar surface area (TPSA) is 91.8 Å². The average molecular weight is 513 g/mol. The van der Waals surface area contributed by atoms with Crippen LogP contribution in [0, 0.1) is 0 Å². The molecule has 0 aliphatic carbocycles. The van der Waals surface area contributed by atoms with Crippen LogP contribution in [0.1, 0.15) is 80.5 Å². The molecule has 1 N–H and O–H groups in total. The molecule has 2 aliphatic heterocycles. The third-order valence-corrected chi connectivity index (χ3v) is 17.3. The lowest BCUT2D eigenvalue weighted by Gasteiger charge is -2.53. The van der Waals surface area contributed by atoms with Crippen LogP contribution in [-0.2, 0) is 24.6 Å². The van der Waals surface area contributed by atoms with Gasteiger partial charge in [0.1, 0.15) is 12.3 Å². The Morgan fingerprint density at radius 3 is 2.18 bits per heavy atom. The van der Waals surface area contributed by atoms with Gasteiger partial charge in [-0.25, -0.2) is 4.79 Å². The van der Waals surface area contributed by atoms with E-state index >= 15 is 0 Å². The second kappa shape index (κ2) is 8.81. The summed E-state index contributed by atoms with van der Waals surface area (Å²) in [6.45, 7) is 24.4. The Kier molecular flexibility index (Phi) is 7.14. The molecule has 0 radical (unpaired) electrons. The van der Waals surface area contributed by atoms with Crippen LogP contribution in [0.4, 0.5) is 0 Å². The minimum Gasteiger partial charge on any atom is -0.412 e. The number of nitrogens with zero attached hydrogens (tertiary/aromatic N) is 1. The average Bonchev–Trinajstić information content (AvgIpc) is 3.07. The second-order valence-electron chi connectivity index (χ2n) is 13.3. The first-order valence-electron chi connectivity index (χ1n) is 12.2. The van der Waals surface area contributed by atoms with Crippen LogP contribution in [-0.4, -0.2) is 45.2 Å². The van der Waals surface area contributed by atoms with Crippen molar-refractivity contribution in [2.45, 2.75) is 122 Å². The van der Waals surface area contributed by atoms with E-state index in [1.54, 1.807) is 6.20 Å². The largest absolute Gasteiger partial charge is 0.412 e. The maximum atomic E-state index is 12.7. The fourth-order valence-electron chi connectivity index (χ4n) is 4.82. The molecule has 34 heavy (non-hydrogen) atoms. The van der Waals surface area contributed by atoms with Crippen LogP contribution in [0.15, 0.2) is 15.8 Å². The molecule has 3 rings (SSSR count). The minimum atomic E-state index is -2.63. The molecule has 2 aliphatic rings. The van der Waals surface area contributed by atoms with Gasteiger partial charge in [-0.15, -0.1) is 0 Å². The van der Waals surface area contributed by atoms with Gasteiger partial charge in [-0.05, 0) is 18.1 Å². The number of H-pyrrole nitrogens is 1. The summed E-state index contributed by atoms with van der Waals surface area (Å²) < 4.78 is 27.2. The molecule has 0 spiro atoms. The standard InChI is InChI=1S/C24H44N2O6Si2/c1-22(2,3)33(10,11)29-14-16-13-26(21(28)25-20(16)27)19-12-17-18(31-19)15-30-34(32-17,23(4,5)6)24(7,8)9/h13,17-19H,12,14-15H2,1-11H3,(H,25,27,28)/t17-,18+,19+/m0/s1. The van der Waals surface area contributed by atoms with E-state index in [4.69, 9.17) is 18.0 Å². The molecule has 2 saturated heterocycles. The van der Waals surface area contributed by atoms with Crippen molar-refractivity contribution in [1.29, 1.82) is 0 Å². The SMILES string of the molecule is CC(C)(C)[Si](C)(C)OCc1cn([C@H]2C[C@@H]3O[Si](C(C)(C)C)(C(C)(C)C)OC[C@H]3O2)c(=O)[nH]c1=O. The highest BCUT2D eigenvalue weighted by Gasteiger charge is 2.63. The van der Waals surface area contributed by atoms with Crippen LogP contribution >= 0.6 is 0 Å². The third-order valence-electron chi connectivity index (χ3n) is 7.67. The van der Waals surface area contributed by atoms with E-state index in [9.17, 15) is 9.59 Å². The van der Waals surface area contributed by atoms with Gasteiger partial charge >= 0.3 is 14.3 Å². The number of hydrogen-bond donors (Lipinski definition) is 1. The van der Waals surface area contributed by atoms with Gasteiger partial charge in [0.2, 0.25) is 0 Å². The predicted molar refractivity (Wildman–Crippen MR) is 138 cm³/mol. The van der Waals surface area contributed by atoms with Crippen LogP contribution in [0.2, 0.25) is 28.2 Å². The molecule has 0 saturated carbocycles. The van der Waals surface area contributed by atoms with Gasteiger partial charge < -0.3 is 18.0 Å². The van der Waals surface area contributed by atoms with Gasteiger partial charge in [-0.2, -0.15) is 0 Å². The van der Waals surface area contributed by atoms with E-state index in [0.717, 1.165) is 0 Å². The van der Waals surface area contributed by atoms with E-state index in [0.29, 0.717) is 18.6 Å². The first kappa shape index (κ1) is 27.5. The number of aromatic nitrogens is 2. The highest BCUT2D eigenvalue weighted by molar-refractivity contribution is 6.74. The maximum absolute atomic E-state index is 12.7. The van der Waals surface area contributed by atoms with Gasteiger partial charge in [-0.3, -0.25) is 14.3 Å². The molecule has 1 aromatic rings. The zero-order chi connectivity index (χ0) is 25.9. The van der Waals surface area contributed by atoms with E-state index in [2.05, 4.69) is 80.4 Å². The van der Waals surface area contributed by atoms with Gasteiger partial charge in [0, 0.05) is 22.7 Å². The summed E-state index contributed by atoms with van der Waals surface area (Å²) >= 11 is 0. The molecule has 3 atom stereocenters. The van der Waals surface area contributed by atoms with Crippen molar-refractivity contribution in [2.75, 3.05) is 6.61 Å². The number of rotatable bonds is 4. The van der Waals surface area contributed by atoms with Crippen molar-refractivity contribution in [1.82, 2.24) is 9.55 Å². The normalized spacial score (nSPS) is 25.9. The van der Waals surface area contributed by atoms with Gasteiger partial charge in [-0.1, -0.05) is 62.3 Å². The molecule has 1 aromatic heterocycles. The van der Waals surface area contributed by atoms with Crippen molar-refractivity contribution in [3.63, 3.8) is 0 Å². The minimum absolute atomic E-state index is 0.0201. The summed E-state index contributed by atoms with van der Waals surface area (Å²) in [5.74, 6) is 0. The summed E-state index contributed by atoms with van der Waals surface area (Å²) in [6.07, 6.45) is 1.19. The number of hydrogen-bond acceptors (Lipinski definition) is 6. The lowest BCUT2D eigenvalue weighted by molar-refractivity contribution is -0.0809. The Bertz CT molecular complexity index is 998. The number of aromatic amines is 1. The molecule has 2 fully saturated rings. The third kappa shape index (κ3) is 4.94. The van der Waals surface area contributed by atoms with Crippen molar-refractivity contribution in [3.8, 4) is 0 Å². The first-order chi connectivity index (χ1) is 15.3. The highest BCUT2D eigenvalue weighted by Crippen LogP contribution is 2.55. The van der Waals surface area contributed by atoms with E-state index < -0.39 is 34.4 Å². The van der Waals surface area contributed by atoms with Crippen molar-refractivity contribution in [2.24, 2.45) is 0 Å². The number of nitrogens with one attached hydrogen (secondary N) is 1. The molecule has 10 heteroatoms. The van der Waals surface area contributed by atoms with Crippen molar-refractivity contribution < 1.29 is 18.0 Å². The molecular formula is C24H44N2O6Si2. The molecule has 0 unspecified atom stereocenters. The zero-order valence-electron chi connectivity index (χ0n) is 22.8. The molecule has 0 aromatic carbocycles. The lowest BCUT2D eigenvalue weighted by Crippen LogP contribution is -2.64. The smallest absolute Gasteiger partial charge is 0.349 e. The van der Waals surface area contributed by atoms with Crippen molar-refractivity contribution >= 4 is 16.9 Å². The van der Waals surface area contributed by atoms with E-state index in [-0.39, 0.29) is 33.9 Å². The van der Waals surface area contributed by atoms with Gasteiger partial charge in [0.15, 0.2) is 8.32 Å². The highest BCUT2D eigenvalue weighted by atomic mass is 28.4. The molecule has 8 nitrogen and oxygen atoms in total. The van der Waals surface area contributed by atoms with E-state index in [1.165, 1.54) is 4.57 Å². The van der Waals surface area contributed by atoms with E-state index in [1.807, 2.05) is 0 Å². The summed E-state index contributed by atoms with van der Waals surface area (Å²) in [4.78, 5) is 27.7. The zero-order valence-corrected chi connectivity index (χ0v) is 24.8. The Balaban J connectivity index is 1.84. The van der Waals surface area contributed by atoms with Gasteiger partial charge in [0.05, 0.1) is 24.9 Å². The maximum Gasteiger partial charge on any atom is 0.349 e. The Morgan fingerprint density at radius 2 is 1.65 bits per heavy atom. The Morgan fingerprint density at radius 1 is 1.06 bits per heavy atom. The fourth-order valence-corrected chi connectivity index (χ4v) is 10.7. The summed E-state index contributed by atoms with van der Waals surface area (Å²) in [5.41, 5.74) is -0.476. The van der Waals surface area contributed by atoms with Crippen LogP contribution in [0.3, 0.4) is 0 Å². The molecule has 0 bridgehead atoms. The molecule has 194 valence electrons. The van der Waals surface area contributed by atoms with Gasteiger partial charge in [0.25, 0.3) is 5.56 Å². The molecule has 0 amide bonds. The number of fused-ring (bicyclic) bond motifs is 1. The fraction of sp³-hybridized carbons (Fsp3) is 0.833. The van der Waals surface area contributed by atoms with Crippen LogP contribution in [0.5, 0.6) is 0 Å². The summed E-state index contributed by atoms with van der Waals surface area (Å²) in [5, 5.41) is -0.235. The van der Waals surface area contributed by atoms with Crippen LogP contribution in [0.25, 0.3) is 0 Å². The predicted octanol–water partition coefficient (Wildman–Crippen LogP) is 4.80. The molecule has 3 heterocycles.